The molecule has 0 bridgehead atoms. The summed E-state index contributed by atoms with van der Waals surface area (Å²) in [5, 5.41) is 30.4. The molecule has 1 aliphatic rings. The third kappa shape index (κ3) is 5.27. The molecular weight excluding hydrogens is 414 g/mol. The van der Waals surface area contributed by atoms with Crippen molar-refractivity contribution in [3.8, 4) is 16.3 Å². The van der Waals surface area contributed by atoms with E-state index in [1.165, 1.54) is 16.9 Å². The number of aromatic hydroxyl groups is 1. The van der Waals surface area contributed by atoms with Gasteiger partial charge < -0.3 is 10.2 Å². The Morgan fingerprint density at radius 3 is 2.45 bits per heavy atom. The van der Waals surface area contributed by atoms with E-state index in [1.807, 2.05) is 30.3 Å². The first-order chi connectivity index (χ1) is 15.0. The van der Waals surface area contributed by atoms with Crippen LogP contribution >= 0.6 is 11.3 Å². The van der Waals surface area contributed by atoms with Crippen LogP contribution in [0.25, 0.3) is 10.6 Å². The number of benzene rings is 2. The Morgan fingerprint density at radius 2 is 1.77 bits per heavy atom. The molecule has 7 nitrogen and oxygen atoms in total. The van der Waals surface area contributed by atoms with Crippen molar-refractivity contribution in [1.29, 1.82) is 0 Å². The van der Waals surface area contributed by atoms with Crippen LogP contribution in [-0.4, -0.2) is 32.3 Å². The van der Waals surface area contributed by atoms with E-state index in [9.17, 15) is 14.7 Å². The number of hydrogen-bond donors (Lipinski definition) is 3. The maximum absolute atomic E-state index is 12.6. The minimum Gasteiger partial charge on any atom is -0.508 e. The molecule has 0 saturated heterocycles. The van der Waals surface area contributed by atoms with E-state index in [0.717, 1.165) is 31.2 Å². The van der Waals surface area contributed by atoms with E-state index >= 15 is 0 Å². The van der Waals surface area contributed by atoms with Crippen molar-refractivity contribution in [3.05, 3.63) is 59.7 Å². The highest BCUT2D eigenvalue weighted by Gasteiger charge is 2.24. The normalized spacial score (nSPS) is 18.5. The standard InChI is InChI=1S/C23H23N3O4S/c27-19-3-1-2-18(13-19)22-25-26-23(31-22)24-21(30)17-10-8-16(9-11-17)15-6-4-14(5-7-15)12-20(28)29/h1-3,8-11,13-15,27H,4-7,12H2,(H,28,29)(H,24,26,30). The van der Waals surface area contributed by atoms with E-state index in [4.69, 9.17) is 5.11 Å². The number of hydrogen-bond acceptors (Lipinski definition) is 6. The SMILES string of the molecule is O=C(O)CC1CCC(c2ccc(C(=O)Nc3nnc(-c4cccc(O)c4)s3)cc2)CC1. The van der Waals surface area contributed by atoms with Gasteiger partial charge >= 0.3 is 5.97 Å². The smallest absolute Gasteiger partial charge is 0.303 e. The number of phenolic OH excluding ortho intramolecular Hbond substituents is 1. The summed E-state index contributed by atoms with van der Waals surface area (Å²) in [6, 6.07) is 14.3. The second-order valence-electron chi connectivity index (χ2n) is 7.85. The molecule has 0 radical (unpaired) electrons. The maximum atomic E-state index is 12.6. The van der Waals surface area contributed by atoms with Crippen LogP contribution in [-0.2, 0) is 4.79 Å². The van der Waals surface area contributed by atoms with Gasteiger partial charge in [0.1, 0.15) is 10.8 Å². The Balaban J connectivity index is 1.35. The molecule has 3 N–H and O–H groups in total. The predicted molar refractivity (Wildman–Crippen MR) is 118 cm³/mol. The Kier molecular flexibility index (Phi) is 6.27. The van der Waals surface area contributed by atoms with Gasteiger partial charge in [-0.1, -0.05) is 35.6 Å². The molecule has 2 aromatic carbocycles. The van der Waals surface area contributed by atoms with Gasteiger partial charge in [-0.15, -0.1) is 10.2 Å². The number of amides is 1. The second-order valence-corrected chi connectivity index (χ2v) is 8.83. The lowest BCUT2D eigenvalue weighted by Gasteiger charge is -2.28. The summed E-state index contributed by atoms with van der Waals surface area (Å²) in [6.45, 7) is 0. The molecular formula is C23H23N3O4S. The summed E-state index contributed by atoms with van der Waals surface area (Å²) < 4.78 is 0. The predicted octanol–water partition coefficient (Wildman–Crippen LogP) is 4.91. The molecule has 0 spiro atoms. The number of nitrogens with zero attached hydrogens (tertiary/aromatic N) is 2. The molecule has 31 heavy (non-hydrogen) atoms. The van der Waals surface area contributed by atoms with E-state index < -0.39 is 5.97 Å². The number of carboxylic acids is 1. The number of anilines is 1. The van der Waals surface area contributed by atoms with Gasteiger partial charge in [0.2, 0.25) is 5.13 Å². The zero-order chi connectivity index (χ0) is 21.8. The third-order valence-corrected chi connectivity index (χ3v) is 6.58. The molecule has 1 aliphatic carbocycles. The van der Waals surface area contributed by atoms with Crippen LogP contribution in [0, 0.1) is 5.92 Å². The van der Waals surface area contributed by atoms with Gasteiger partial charge in [-0.05, 0) is 67.3 Å². The molecule has 4 rings (SSSR count). The Hall–Kier alpha value is -3.26. The third-order valence-electron chi connectivity index (χ3n) is 5.69. The van der Waals surface area contributed by atoms with Crippen molar-refractivity contribution in [2.75, 3.05) is 5.32 Å². The number of carbonyl (C=O) groups is 2. The van der Waals surface area contributed by atoms with E-state index in [-0.39, 0.29) is 24.0 Å². The lowest BCUT2D eigenvalue weighted by molar-refractivity contribution is -0.138. The summed E-state index contributed by atoms with van der Waals surface area (Å²) >= 11 is 1.24. The van der Waals surface area contributed by atoms with Crippen LogP contribution in [0.3, 0.4) is 0 Å². The first-order valence-corrected chi connectivity index (χ1v) is 11.1. The molecule has 1 aromatic heterocycles. The molecule has 1 amide bonds. The summed E-state index contributed by atoms with van der Waals surface area (Å²) in [5.41, 5.74) is 2.46. The van der Waals surface area contributed by atoms with Crippen molar-refractivity contribution < 1.29 is 19.8 Å². The number of phenols is 1. The summed E-state index contributed by atoms with van der Waals surface area (Å²) in [5.74, 6) is -0.141. The van der Waals surface area contributed by atoms with Crippen LogP contribution in [0.1, 0.15) is 53.9 Å². The molecule has 8 heteroatoms. The van der Waals surface area contributed by atoms with E-state index in [1.54, 1.807) is 18.2 Å². The highest BCUT2D eigenvalue weighted by molar-refractivity contribution is 7.18. The molecule has 3 aromatic rings. The Labute approximate surface area is 183 Å². The molecule has 0 aliphatic heterocycles. The summed E-state index contributed by atoms with van der Waals surface area (Å²) in [6.07, 6.45) is 4.07. The lowest BCUT2D eigenvalue weighted by atomic mass is 9.77. The van der Waals surface area contributed by atoms with Gasteiger partial charge in [-0.2, -0.15) is 0 Å². The average molecular weight is 438 g/mol. The zero-order valence-corrected chi connectivity index (χ0v) is 17.6. The van der Waals surface area contributed by atoms with Gasteiger partial charge in [0.25, 0.3) is 5.91 Å². The molecule has 0 unspecified atom stereocenters. The number of aliphatic carboxylic acids is 1. The average Bonchev–Trinajstić information content (AvgIpc) is 3.22. The number of carboxylic acid groups (broad SMARTS) is 1. The molecule has 0 atom stereocenters. The highest BCUT2D eigenvalue weighted by Crippen LogP contribution is 2.37. The molecule has 1 heterocycles. The first-order valence-electron chi connectivity index (χ1n) is 10.2. The fourth-order valence-electron chi connectivity index (χ4n) is 4.05. The second kappa shape index (κ2) is 9.26. The number of nitrogens with one attached hydrogen (secondary N) is 1. The van der Waals surface area contributed by atoms with Crippen molar-refractivity contribution in [3.63, 3.8) is 0 Å². The van der Waals surface area contributed by atoms with Gasteiger partial charge in [0.15, 0.2) is 0 Å². The molecule has 160 valence electrons. The number of rotatable bonds is 6. The van der Waals surface area contributed by atoms with Gasteiger partial charge in [0, 0.05) is 17.5 Å². The monoisotopic (exact) mass is 437 g/mol. The zero-order valence-electron chi connectivity index (χ0n) is 16.8. The van der Waals surface area contributed by atoms with Gasteiger partial charge in [0.05, 0.1) is 0 Å². The number of aromatic nitrogens is 2. The highest BCUT2D eigenvalue weighted by atomic mass is 32.1. The summed E-state index contributed by atoms with van der Waals surface area (Å²) in [7, 11) is 0. The fraction of sp³-hybridized carbons (Fsp3) is 0.304. The van der Waals surface area contributed by atoms with Crippen molar-refractivity contribution >= 4 is 28.3 Å². The van der Waals surface area contributed by atoms with Gasteiger partial charge in [-0.25, -0.2) is 0 Å². The van der Waals surface area contributed by atoms with Crippen LogP contribution < -0.4 is 5.32 Å². The van der Waals surface area contributed by atoms with E-state index in [0.29, 0.717) is 21.6 Å². The van der Waals surface area contributed by atoms with Crippen LogP contribution in [0.15, 0.2) is 48.5 Å². The largest absolute Gasteiger partial charge is 0.508 e. The number of carbonyl (C=O) groups excluding carboxylic acids is 1. The fourth-order valence-corrected chi connectivity index (χ4v) is 4.79. The maximum Gasteiger partial charge on any atom is 0.303 e. The first kappa shape index (κ1) is 21.0. The van der Waals surface area contributed by atoms with Crippen molar-refractivity contribution in [2.45, 2.75) is 38.0 Å². The minimum atomic E-state index is -0.719. The van der Waals surface area contributed by atoms with Crippen LogP contribution in [0.5, 0.6) is 5.75 Å². The van der Waals surface area contributed by atoms with Crippen LogP contribution in [0.2, 0.25) is 0 Å². The topological polar surface area (TPSA) is 112 Å². The molecule has 1 fully saturated rings. The summed E-state index contributed by atoms with van der Waals surface area (Å²) in [4.78, 5) is 23.5. The quantitative estimate of drug-likeness (QED) is 0.505. The van der Waals surface area contributed by atoms with Crippen LogP contribution in [0.4, 0.5) is 5.13 Å². The Morgan fingerprint density at radius 1 is 1.03 bits per heavy atom. The van der Waals surface area contributed by atoms with E-state index in [2.05, 4.69) is 15.5 Å². The minimum absolute atomic E-state index is 0.147. The van der Waals surface area contributed by atoms with Gasteiger partial charge in [-0.3, -0.25) is 14.9 Å². The lowest BCUT2D eigenvalue weighted by Crippen LogP contribution is -2.16. The van der Waals surface area contributed by atoms with Crippen molar-refractivity contribution in [1.82, 2.24) is 10.2 Å². The molecule has 1 saturated carbocycles. The van der Waals surface area contributed by atoms with Crippen molar-refractivity contribution in [2.24, 2.45) is 5.92 Å². The Bertz CT molecular complexity index is 1070.